The van der Waals surface area contributed by atoms with Gasteiger partial charge in [-0.2, -0.15) is 0 Å². The number of aromatic nitrogens is 4. The van der Waals surface area contributed by atoms with E-state index in [4.69, 9.17) is 9.47 Å². The van der Waals surface area contributed by atoms with Gasteiger partial charge in [0.05, 0.1) is 0 Å². The van der Waals surface area contributed by atoms with Crippen LogP contribution in [0.2, 0.25) is 0 Å². The first-order valence-corrected chi connectivity index (χ1v) is 10.1. The van der Waals surface area contributed by atoms with E-state index in [1.54, 1.807) is 23.6 Å². The van der Waals surface area contributed by atoms with Crippen molar-refractivity contribution in [3.63, 3.8) is 0 Å². The third kappa shape index (κ3) is 4.45. The van der Waals surface area contributed by atoms with Crippen molar-refractivity contribution in [2.75, 3.05) is 0 Å². The number of unbranched alkanes of at least 4 members (excludes halogenated alkanes) is 1. The maximum Gasteiger partial charge on any atom is 0.347 e. The molecule has 0 spiro atoms. The van der Waals surface area contributed by atoms with E-state index in [1.807, 2.05) is 32.0 Å². The van der Waals surface area contributed by atoms with Crippen molar-refractivity contribution < 1.29 is 14.3 Å². The van der Waals surface area contributed by atoms with Crippen LogP contribution in [0.15, 0.2) is 39.9 Å². The van der Waals surface area contributed by atoms with Gasteiger partial charge in [-0.05, 0) is 32.4 Å². The van der Waals surface area contributed by atoms with Crippen LogP contribution in [0.3, 0.4) is 0 Å². The molecule has 0 bridgehead atoms. The molecule has 2 heterocycles. The Morgan fingerprint density at radius 2 is 1.90 bits per heavy atom. The summed E-state index contributed by atoms with van der Waals surface area (Å²) >= 11 is 0. The van der Waals surface area contributed by atoms with E-state index >= 15 is 0 Å². The number of hydrogen-bond acceptors (Lipinski definition) is 6. The van der Waals surface area contributed by atoms with Crippen LogP contribution < -0.4 is 16.0 Å². The van der Waals surface area contributed by atoms with E-state index < -0.39 is 23.3 Å². The van der Waals surface area contributed by atoms with Gasteiger partial charge in [-0.15, -0.1) is 0 Å². The number of nitrogens with one attached hydrogen (secondary N) is 1. The number of para-hydroxylation sites is 1. The molecule has 0 fully saturated rings. The van der Waals surface area contributed by atoms with E-state index in [9.17, 15) is 14.4 Å². The van der Waals surface area contributed by atoms with Crippen molar-refractivity contribution in [2.24, 2.45) is 0 Å². The number of fused-ring (bicyclic) bond motifs is 1. The molecule has 1 unspecified atom stereocenters. The lowest BCUT2D eigenvalue weighted by molar-refractivity contribution is -0.152. The Morgan fingerprint density at radius 1 is 1.17 bits per heavy atom. The summed E-state index contributed by atoms with van der Waals surface area (Å²) in [5.41, 5.74) is -0.392. The Labute approximate surface area is 173 Å². The predicted octanol–water partition coefficient (Wildman–Crippen LogP) is 2.22. The van der Waals surface area contributed by atoms with Crippen LogP contribution in [-0.4, -0.2) is 31.2 Å². The van der Waals surface area contributed by atoms with E-state index in [1.165, 1.54) is 4.57 Å². The van der Waals surface area contributed by atoms with E-state index in [0.717, 1.165) is 12.8 Å². The maximum atomic E-state index is 12.4. The highest BCUT2D eigenvalue weighted by Gasteiger charge is 2.21. The Hall–Kier alpha value is -3.36. The molecule has 0 saturated heterocycles. The molecule has 1 N–H and O–H groups in total. The van der Waals surface area contributed by atoms with Crippen LogP contribution in [0, 0.1) is 0 Å². The fraction of sp³-hybridized carbons (Fsp3) is 0.429. The molecule has 2 aromatic heterocycles. The molecule has 0 aliphatic heterocycles. The summed E-state index contributed by atoms with van der Waals surface area (Å²) in [5.74, 6) is 0.411. The molecule has 9 nitrogen and oxygen atoms in total. The number of hydrogen-bond donors (Lipinski definition) is 1. The van der Waals surface area contributed by atoms with Crippen LogP contribution in [-0.2, 0) is 29.2 Å². The highest BCUT2D eigenvalue weighted by Crippen LogP contribution is 2.15. The average Bonchev–Trinajstić information content (AvgIpc) is 3.11. The number of carbonyl (C=O) groups excluding carboxylic acids is 1. The molecular formula is C21H26N4O5. The zero-order chi connectivity index (χ0) is 21.7. The maximum absolute atomic E-state index is 12.4. The zero-order valence-electron chi connectivity index (χ0n) is 17.4. The number of rotatable bonds is 9. The summed E-state index contributed by atoms with van der Waals surface area (Å²) in [6.45, 7) is 6.23. The first-order chi connectivity index (χ1) is 14.5. The Bertz CT molecular complexity index is 1130. The van der Waals surface area contributed by atoms with Gasteiger partial charge in [0.25, 0.3) is 5.56 Å². The number of esters is 1. The number of nitrogens with zero attached hydrogens (tertiary/aromatic N) is 3. The van der Waals surface area contributed by atoms with Gasteiger partial charge in [-0.25, -0.2) is 14.6 Å². The van der Waals surface area contributed by atoms with Crippen LogP contribution in [0.1, 0.15) is 39.4 Å². The molecule has 0 radical (unpaired) electrons. The van der Waals surface area contributed by atoms with Gasteiger partial charge in [-0.1, -0.05) is 31.5 Å². The second-order valence-electron chi connectivity index (χ2n) is 6.89. The lowest BCUT2D eigenvalue weighted by Gasteiger charge is -2.14. The lowest BCUT2D eigenvalue weighted by atomic mass is 10.3. The topological polar surface area (TPSA) is 108 Å². The number of ether oxygens (including phenoxy) is 2. The quantitative estimate of drug-likeness (QED) is 0.538. The summed E-state index contributed by atoms with van der Waals surface area (Å²) in [5, 5.41) is 0. The minimum absolute atomic E-state index is 0.134. The molecule has 0 aliphatic rings. The van der Waals surface area contributed by atoms with Crippen molar-refractivity contribution in [3.8, 4) is 5.75 Å². The van der Waals surface area contributed by atoms with Crippen molar-refractivity contribution in [2.45, 2.75) is 59.4 Å². The Kier molecular flexibility index (Phi) is 6.71. The molecule has 3 aromatic rings. The van der Waals surface area contributed by atoms with Crippen molar-refractivity contribution in [1.82, 2.24) is 19.1 Å². The van der Waals surface area contributed by atoms with Crippen molar-refractivity contribution >= 4 is 17.1 Å². The van der Waals surface area contributed by atoms with Gasteiger partial charge in [0, 0.05) is 13.1 Å². The molecule has 0 aliphatic carbocycles. The van der Waals surface area contributed by atoms with Crippen molar-refractivity contribution in [1.29, 1.82) is 0 Å². The van der Waals surface area contributed by atoms with Gasteiger partial charge < -0.3 is 14.0 Å². The molecule has 1 atom stereocenters. The van der Waals surface area contributed by atoms with Crippen molar-refractivity contribution in [3.05, 3.63) is 57.0 Å². The normalized spacial score (nSPS) is 12.1. The third-order valence-corrected chi connectivity index (χ3v) is 4.75. The minimum Gasteiger partial charge on any atom is -0.479 e. The number of aromatic amines is 1. The molecule has 3 rings (SSSR count). The van der Waals surface area contributed by atoms with Crippen LogP contribution in [0.5, 0.6) is 5.75 Å². The monoisotopic (exact) mass is 414 g/mol. The predicted molar refractivity (Wildman–Crippen MR) is 112 cm³/mol. The lowest BCUT2D eigenvalue weighted by Crippen LogP contribution is -2.31. The molecular weight excluding hydrogens is 388 g/mol. The number of imidazole rings is 1. The highest BCUT2D eigenvalue weighted by atomic mass is 16.6. The fourth-order valence-corrected chi connectivity index (χ4v) is 3.20. The number of benzene rings is 1. The van der Waals surface area contributed by atoms with Gasteiger partial charge in [0.2, 0.25) is 0 Å². The summed E-state index contributed by atoms with van der Waals surface area (Å²) in [7, 11) is 0. The Balaban J connectivity index is 1.83. The third-order valence-electron chi connectivity index (χ3n) is 4.75. The molecule has 160 valence electrons. The second-order valence-corrected chi connectivity index (χ2v) is 6.89. The average molecular weight is 414 g/mol. The smallest absolute Gasteiger partial charge is 0.347 e. The zero-order valence-corrected chi connectivity index (χ0v) is 17.4. The first kappa shape index (κ1) is 21.4. The van der Waals surface area contributed by atoms with Gasteiger partial charge >= 0.3 is 11.7 Å². The molecule has 30 heavy (non-hydrogen) atoms. The van der Waals surface area contributed by atoms with Crippen LogP contribution >= 0.6 is 0 Å². The molecule has 0 saturated carbocycles. The Morgan fingerprint density at radius 3 is 2.57 bits per heavy atom. The van der Waals surface area contributed by atoms with Gasteiger partial charge in [0.15, 0.2) is 17.3 Å². The fourth-order valence-electron chi connectivity index (χ4n) is 3.20. The summed E-state index contributed by atoms with van der Waals surface area (Å²) in [6.07, 6.45) is 0.863. The van der Waals surface area contributed by atoms with Gasteiger partial charge in [0.1, 0.15) is 18.2 Å². The molecule has 1 aromatic carbocycles. The molecule has 9 heteroatoms. The number of H-pyrrole nitrogens is 1. The van der Waals surface area contributed by atoms with E-state index in [2.05, 4.69) is 9.97 Å². The largest absolute Gasteiger partial charge is 0.479 e. The van der Waals surface area contributed by atoms with E-state index in [-0.39, 0.29) is 6.61 Å². The van der Waals surface area contributed by atoms with Gasteiger partial charge in [-0.3, -0.25) is 14.3 Å². The van der Waals surface area contributed by atoms with E-state index in [0.29, 0.717) is 35.8 Å². The van der Waals surface area contributed by atoms with Crippen LogP contribution in [0.25, 0.3) is 11.2 Å². The highest BCUT2D eigenvalue weighted by molar-refractivity contribution is 5.75. The first-order valence-electron chi connectivity index (χ1n) is 10.1. The number of carbonyl (C=O) groups is 1. The SMILES string of the molecule is CCCCn1c(=O)[nH]c(=O)c2c1nc(COC(=O)C(C)Oc1ccccc1)n2CC. The second kappa shape index (κ2) is 9.43. The number of aryl methyl sites for hydroxylation is 2. The molecule has 0 amide bonds. The van der Waals surface area contributed by atoms with Crippen LogP contribution in [0.4, 0.5) is 0 Å². The summed E-state index contributed by atoms with van der Waals surface area (Å²) < 4.78 is 14.1. The standard InChI is InChI=1S/C21H26N4O5/c1-4-6-12-25-18-17(19(26)23-21(25)28)24(5-2)16(22-18)13-29-20(27)14(3)30-15-10-8-7-9-11-15/h7-11,14H,4-6,12-13H2,1-3H3,(H,23,26,28). The minimum atomic E-state index is -0.807. The summed E-state index contributed by atoms with van der Waals surface area (Å²) in [6, 6.07) is 8.98. The summed E-state index contributed by atoms with van der Waals surface area (Å²) in [4.78, 5) is 43.8.